The summed E-state index contributed by atoms with van der Waals surface area (Å²) in [5.74, 6) is -22.4. The third kappa shape index (κ3) is 31.2. The van der Waals surface area contributed by atoms with Crippen molar-refractivity contribution in [2.45, 2.75) is 253 Å². The maximum absolute atomic E-state index is 16.1. The summed E-state index contributed by atoms with van der Waals surface area (Å²) >= 11 is 0.687. The number of unbranched alkanes of at least 4 members (excludes halogenated alkanes) is 3. The maximum atomic E-state index is 16.1. The first kappa shape index (κ1) is 111. The topological polar surface area (TPSA) is 712 Å². The van der Waals surface area contributed by atoms with Gasteiger partial charge in [0.1, 0.15) is 96.9 Å². The molecule has 0 bridgehead atoms. The van der Waals surface area contributed by atoms with E-state index in [0.717, 1.165) is 24.5 Å². The Bertz CT molecular complexity index is 5540. The Balaban J connectivity index is 1.14. The van der Waals surface area contributed by atoms with Crippen molar-refractivity contribution in [2.24, 2.45) is 22.9 Å². The molecular formula is C94H129N23O24S. The number of benzene rings is 3. The number of carboxylic acid groups (broad SMARTS) is 2. The molecule has 6 aromatic rings. The molecule has 142 heavy (non-hydrogen) atoms. The van der Waals surface area contributed by atoms with Crippen LogP contribution in [0, 0.1) is 0 Å². The average Bonchev–Trinajstić information content (AvgIpc) is 1.59. The van der Waals surface area contributed by atoms with Crippen LogP contribution in [-0.2, 0) is 128 Å². The minimum atomic E-state index is -1.84. The number of carbonyl (C=O) groups excluding carboxylic acids is 18. The minimum absolute atomic E-state index is 0.0825. The maximum Gasteiger partial charge on any atom is 0.323 e. The Labute approximate surface area is 821 Å². The number of amides is 18. The van der Waals surface area contributed by atoms with Crippen LogP contribution in [0.2, 0.25) is 0 Å². The number of aliphatic hydroxyl groups excluding tert-OH is 1. The van der Waals surface area contributed by atoms with E-state index in [0.29, 0.717) is 63.1 Å². The molecule has 3 aliphatic rings. The van der Waals surface area contributed by atoms with Crippen LogP contribution in [0.4, 0.5) is 0 Å². The average molecular weight is 2000 g/mol. The van der Waals surface area contributed by atoms with Crippen LogP contribution in [0.25, 0.3) is 21.8 Å². The number of aliphatic carboxylic acids is 2. The van der Waals surface area contributed by atoms with Crippen LogP contribution in [0.3, 0.4) is 0 Å². The van der Waals surface area contributed by atoms with Crippen molar-refractivity contribution in [2.75, 3.05) is 58.8 Å². The van der Waals surface area contributed by atoms with Crippen LogP contribution in [0.5, 0.6) is 5.75 Å². The molecule has 0 spiro atoms. The Morgan fingerprint density at radius 1 is 0.521 bits per heavy atom. The molecule has 18 amide bonds. The van der Waals surface area contributed by atoms with E-state index >= 15 is 38.4 Å². The van der Waals surface area contributed by atoms with Gasteiger partial charge in [0.15, 0.2) is 0 Å². The quantitative estimate of drug-likeness (QED) is 0.0189. The molecule has 3 aromatic heterocycles. The van der Waals surface area contributed by atoms with E-state index in [1.165, 1.54) is 75.6 Å². The third-order valence-electron chi connectivity index (χ3n) is 25.2. The number of carboxylic acids is 2. The third-order valence-corrected chi connectivity index (χ3v) is 26.3. The first-order valence-electron chi connectivity index (χ1n) is 47.1. The number of aliphatic hydroxyl groups is 1. The summed E-state index contributed by atoms with van der Waals surface area (Å²) in [7, 11) is 3.73. The fourth-order valence-corrected chi connectivity index (χ4v) is 18.3. The number of nitrogens with one attached hydrogen (secondary N) is 12. The molecule has 3 saturated heterocycles. The van der Waals surface area contributed by atoms with E-state index in [1.807, 2.05) is 0 Å². The van der Waals surface area contributed by atoms with Crippen molar-refractivity contribution in [1.29, 1.82) is 0 Å². The first-order valence-corrected chi connectivity index (χ1v) is 48.3. The number of aromatic hydroxyl groups is 1. The molecule has 0 saturated carbocycles. The minimum Gasteiger partial charge on any atom is -0.508 e. The lowest BCUT2D eigenvalue weighted by molar-refractivity contribution is -0.149. The molecule has 9 rings (SSSR count). The molecule has 0 unspecified atom stereocenters. The second kappa shape index (κ2) is 53.2. The van der Waals surface area contributed by atoms with Gasteiger partial charge in [0.25, 0.3) is 0 Å². The molecule has 3 aromatic carbocycles. The fraction of sp³-hybridized carbons (Fsp3) is 0.521. The molecule has 15 atom stereocenters. The normalized spacial score (nSPS) is 24.1. The highest BCUT2D eigenvalue weighted by Crippen LogP contribution is 2.29. The number of H-pyrrole nitrogens is 2. The number of imidazole rings is 1. The predicted octanol–water partition coefficient (Wildman–Crippen LogP) is -3.41. The van der Waals surface area contributed by atoms with Crippen molar-refractivity contribution in [3.63, 3.8) is 0 Å². The number of thioether (sulfide) groups is 1. The zero-order chi connectivity index (χ0) is 104. The number of aromatic nitrogens is 4. The summed E-state index contributed by atoms with van der Waals surface area (Å²) in [4.78, 5) is 305. The highest BCUT2D eigenvalue weighted by Gasteiger charge is 2.47. The number of aromatic amines is 2. The van der Waals surface area contributed by atoms with Gasteiger partial charge in [0.05, 0.1) is 31.1 Å². The number of nitrogens with two attached hydrogens (primary N) is 4. The standard InChI is InChI=1S/C94H129N23O24S/c1-7-9-22-71-87(134)105-62(31-33-79(124)125)84(131)111-69(82(129)101-44-77(98)122)48-142-49-78(123)103-66(36-52-26-28-56(118)29-27-52)90(137)112(4)51(3)81(128)109-68(41-76(97)121)93(140)116-35-17-25-72(116)88(135)108-65(39-55-43-99-50-102-55)86(133)106-63(30-32-75(96)120)92(139)117-46-57(119)40-74(117)89(136)107-64(37-53-42-100-60-20-13-11-18-58(53)60)85(132)104-61(21-15-16-34-95)83(130)110-67(91(138)114(6)73(23-10-8-2)94(141)113(71)5)38-54-45-115(47-80(126)127)70-24-14-12-19-59(54)70/h11-14,18-20,24,26-29,42-43,45,50-51,57,61-69,71-74,100,118-119H,7-10,15-17,21-23,25,30-41,44,46-49,95H2,1-6H3,(H2,96,120)(H2,97,121)(H2,98,122)(H,99,102)(H,101,129)(H,103,123)(H,104,132)(H,105,134)(H,106,133)(H,107,136)(H,108,135)(H,109,128)(H,110,130)(H,111,131)(H,124,125)(H,126,127)/t51-,57+,61-,62-,63-,64-,65-,66-,67-,68+,69-,71-,72-,73-,74-/m0/s1. The Hall–Kier alpha value is -14.6. The van der Waals surface area contributed by atoms with Crippen LogP contribution < -0.4 is 76.1 Å². The number of para-hydroxylation sites is 2. The largest absolute Gasteiger partial charge is 0.508 e. The molecule has 3 fully saturated rings. The number of rotatable bonds is 31. The van der Waals surface area contributed by atoms with Crippen LogP contribution in [-0.4, -0.2) is 332 Å². The van der Waals surface area contributed by atoms with E-state index in [1.54, 1.807) is 68.6 Å². The highest BCUT2D eigenvalue weighted by atomic mass is 32.2. The van der Waals surface area contributed by atoms with E-state index in [4.69, 9.17) is 22.9 Å². The van der Waals surface area contributed by atoms with Gasteiger partial charge in [0.2, 0.25) is 106 Å². The Morgan fingerprint density at radius 2 is 1.09 bits per heavy atom. The number of primary amides is 3. The van der Waals surface area contributed by atoms with Gasteiger partial charge < -0.3 is 136 Å². The second-order valence-electron chi connectivity index (χ2n) is 35.7. The number of fused-ring (bicyclic) bond motifs is 4. The van der Waals surface area contributed by atoms with Crippen LogP contribution in [0.15, 0.2) is 97.7 Å². The van der Waals surface area contributed by atoms with Gasteiger partial charge in [-0.2, -0.15) is 0 Å². The van der Waals surface area contributed by atoms with E-state index in [-0.39, 0.29) is 95.2 Å². The van der Waals surface area contributed by atoms with Gasteiger partial charge in [-0.3, -0.25) is 95.9 Å². The summed E-state index contributed by atoms with van der Waals surface area (Å²) in [6.45, 7) is 2.78. The Morgan fingerprint density at radius 3 is 1.74 bits per heavy atom. The summed E-state index contributed by atoms with van der Waals surface area (Å²) in [5.41, 5.74) is 25.2. The van der Waals surface area contributed by atoms with Crippen molar-refractivity contribution in [3.8, 4) is 5.75 Å². The lowest BCUT2D eigenvalue weighted by Gasteiger charge is -2.36. The zero-order valence-electron chi connectivity index (χ0n) is 80.0. The van der Waals surface area contributed by atoms with Crippen molar-refractivity contribution >= 4 is 152 Å². The van der Waals surface area contributed by atoms with Gasteiger partial charge >= 0.3 is 11.9 Å². The number of hydrogen-bond acceptors (Lipinski definition) is 25. The lowest BCUT2D eigenvalue weighted by Crippen LogP contribution is -2.61. The second-order valence-corrected chi connectivity index (χ2v) is 36.8. The predicted molar refractivity (Wildman–Crippen MR) is 514 cm³/mol. The van der Waals surface area contributed by atoms with Crippen molar-refractivity contribution in [1.82, 2.24) is 97.2 Å². The Kier molecular flexibility index (Phi) is 41.6. The number of hydrogen-bond donors (Lipinski definition) is 20. The zero-order valence-corrected chi connectivity index (χ0v) is 80.8. The number of nitrogens with zero attached hydrogens (tertiary/aromatic N) is 7. The smallest absolute Gasteiger partial charge is 0.323 e. The summed E-state index contributed by atoms with van der Waals surface area (Å²) < 4.78 is 1.41. The van der Waals surface area contributed by atoms with E-state index < -0.39 is 291 Å². The van der Waals surface area contributed by atoms with Crippen molar-refractivity contribution in [3.05, 3.63) is 120 Å². The van der Waals surface area contributed by atoms with Gasteiger partial charge in [-0.15, -0.1) is 11.8 Å². The number of phenolic OH excluding ortho intramolecular Hbond substituents is 1. The molecule has 6 heterocycles. The van der Waals surface area contributed by atoms with Gasteiger partial charge in [-0.05, 0) is 112 Å². The highest BCUT2D eigenvalue weighted by molar-refractivity contribution is 8.00. The van der Waals surface area contributed by atoms with E-state index in [2.05, 4.69) is 68.1 Å². The summed E-state index contributed by atoms with van der Waals surface area (Å²) in [5, 5.41) is 69.1. The van der Waals surface area contributed by atoms with E-state index in [9.17, 15) is 78.0 Å². The number of phenols is 1. The molecule has 48 heteroatoms. The molecule has 770 valence electrons. The number of likely N-dealkylation sites (N-methyl/N-ethyl adjacent to an activating group) is 3. The number of carbonyl (C=O) groups is 20. The van der Waals surface area contributed by atoms with Crippen LogP contribution in [0.1, 0.15) is 152 Å². The van der Waals surface area contributed by atoms with Gasteiger partial charge in [0, 0.05) is 131 Å². The SMILES string of the molecule is CCCC[C@H]1C(=O)N(C)[C@@H](CCCC)C(=O)N[C@@H](CCC(=O)O)C(=O)N[C@H](C(=O)NCC(N)=O)CSCC(=O)N[C@@H](Cc2ccc(O)cc2)C(=O)N(C)[C@@H](C)C(=O)N[C@H](CC(N)=O)C(=O)N2CCC[C@H]2C(=O)N[C@@H](Cc2cnc[nH]2)C(=O)N[C@@H](CCC(N)=O)C(=O)N2C[C@H](O)C[C@H]2C(=O)N[C@@H](Cc2c[nH]c3ccccc23)C(=O)N[C@@H](CCCCN)C(=O)N[C@@H](Cc2cn(CC(=O)O)c3ccccc23)C(=O)N1C. The fourth-order valence-electron chi connectivity index (χ4n) is 17.4. The van der Waals surface area contributed by atoms with Crippen LogP contribution >= 0.6 is 11.8 Å². The summed E-state index contributed by atoms with van der Waals surface area (Å²) in [6.07, 6.45) is 0.107. The van der Waals surface area contributed by atoms with Gasteiger partial charge in [-0.25, -0.2) is 4.98 Å². The molecule has 0 radical (unpaired) electrons. The first-order chi connectivity index (χ1) is 67.6. The molecule has 47 nitrogen and oxygen atoms in total. The lowest BCUT2D eigenvalue weighted by atomic mass is 9.99. The molecule has 24 N–H and O–H groups in total. The molecule has 0 aliphatic carbocycles. The molecular weight excluding hydrogens is 1870 g/mol. The van der Waals surface area contributed by atoms with Gasteiger partial charge in [-0.1, -0.05) is 88.1 Å². The monoisotopic (exact) mass is 2000 g/mol. The molecule has 3 aliphatic heterocycles. The summed E-state index contributed by atoms with van der Waals surface area (Å²) in [6, 6.07) is -4.25. The van der Waals surface area contributed by atoms with Crippen molar-refractivity contribution < 1.29 is 116 Å².